The van der Waals surface area contributed by atoms with Gasteiger partial charge in [0.05, 0.1) is 0 Å². The molecule has 0 radical (unpaired) electrons. The number of primary amides is 1. The minimum Gasteiger partial charge on any atom is -0.368 e. The summed E-state index contributed by atoms with van der Waals surface area (Å²) in [6.45, 7) is 1.60. The zero-order valence-electron chi connectivity index (χ0n) is 12.0. The first-order valence-electron chi connectivity index (χ1n) is 6.48. The summed E-state index contributed by atoms with van der Waals surface area (Å²) in [6, 6.07) is 5.33. The van der Waals surface area contributed by atoms with Gasteiger partial charge in [-0.25, -0.2) is 4.79 Å². The number of halogens is 1. The summed E-state index contributed by atoms with van der Waals surface area (Å²) in [4.78, 5) is 51.0. The smallest absolute Gasteiger partial charge is 0.333 e. The van der Waals surface area contributed by atoms with Crippen molar-refractivity contribution in [2.24, 2.45) is 5.73 Å². The molecular weight excluding hydrogens is 354 g/mol. The maximum Gasteiger partial charge on any atom is 0.333 e. The largest absolute Gasteiger partial charge is 0.368 e. The maximum absolute atomic E-state index is 12.7. The van der Waals surface area contributed by atoms with Gasteiger partial charge in [0.1, 0.15) is 0 Å². The topological polar surface area (TPSA) is 101 Å². The Morgan fingerprint density at radius 2 is 1.73 bits per heavy atom. The molecule has 1 aliphatic heterocycles. The zero-order chi connectivity index (χ0) is 16.7. The second-order valence-electron chi connectivity index (χ2n) is 4.82. The van der Waals surface area contributed by atoms with Crippen LogP contribution in [0.2, 0.25) is 0 Å². The lowest BCUT2D eigenvalue weighted by molar-refractivity contribution is -0.155. The highest BCUT2D eigenvalue weighted by Crippen LogP contribution is 2.33. The Balaban J connectivity index is 2.74. The van der Waals surface area contributed by atoms with Crippen LogP contribution in [0, 0.1) is 0 Å². The number of barbiturate groups is 1. The van der Waals surface area contributed by atoms with E-state index in [0.29, 0.717) is 4.47 Å². The van der Waals surface area contributed by atoms with Gasteiger partial charge in [-0.2, -0.15) is 0 Å². The quantitative estimate of drug-likeness (QED) is 0.790. The number of carbonyl (C=O) groups excluding carboxylic acids is 4. The lowest BCUT2D eigenvalue weighted by Crippen LogP contribution is -2.70. The fourth-order valence-electron chi connectivity index (χ4n) is 2.48. The summed E-state index contributed by atoms with van der Waals surface area (Å²) >= 11 is 3.24. The van der Waals surface area contributed by atoms with E-state index in [2.05, 4.69) is 15.9 Å². The van der Waals surface area contributed by atoms with Gasteiger partial charge in [0.15, 0.2) is 0 Å². The second-order valence-corrected chi connectivity index (χ2v) is 5.73. The normalized spacial score (nSPS) is 22.2. The lowest BCUT2D eigenvalue weighted by Gasteiger charge is -2.40. The molecule has 0 spiro atoms. The van der Waals surface area contributed by atoms with Crippen molar-refractivity contribution in [3.05, 3.63) is 34.3 Å². The van der Waals surface area contributed by atoms with E-state index < -0.39 is 29.2 Å². The van der Waals surface area contributed by atoms with E-state index in [1.165, 1.54) is 19.2 Å². The van der Waals surface area contributed by atoms with Gasteiger partial charge >= 0.3 is 6.03 Å². The summed E-state index contributed by atoms with van der Waals surface area (Å²) < 4.78 is 0.711. The number of carbonyl (C=O) groups is 4. The summed E-state index contributed by atoms with van der Waals surface area (Å²) in [6.07, 6.45) is 0. The number of urea groups is 1. The van der Waals surface area contributed by atoms with Crippen LogP contribution < -0.4 is 5.73 Å². The zero-order valence-corrected chi connectivity index (χ0v) is 13.6. The number of likely N-dealkylation sites (N-methyl/N-ethyl adjacent to an activating group) is 2. The third-order valence-electron chi connectivity index (χ3n) is 3.67. The number of nitrogens with two attached hydrogens (primary N) is 1. The summed E-state index contributed by atoms with van der Waals surface area (Å²) in [5.41, 5.74) is 3.33. The van der Waals surface area contributed by atoms with E-state index in [-0.39, 0.29) is 12.1 Å². The highest BCUT2D eigenvalue weighted by Gasteiger charge is 2.61. The third kappa shape index (κ3) is 2.02. The van der Waals surface area contributed by atoms with Gasteiger partial charge in [-0.15, -0.1) is 0 Å². The highest BCUT2D eigenvalue weighted by molar-refractivity contribution is 9.10. The van der Waals surface area contributed by atoms with Crippen LogP contribution in [0.5, 0.6) is 0 Å². The van der Waals surface area contributed by atoms with E-state index in [4.69, 9.17) is 5.73 Å². The number of rotatable bonds is 3. The molecule has 0 saturated carbocycles. The fourth-order valence-corrected chi connectivity index (χ4v) is 2.74. The minimum absolute atomic E-state index is 0.0286. The molecule has 1 fully saturated rings. The number of hydrogen-bond acceptors (Lipinski definition) is 4. The van der Waals surface area contributed by atoms with E-state index in [1.54, 1.807) is 19.1 Å². The van der Waals surface area contributed by atoms with Crippen LogP contribution in [-0.2, 0) is 19.8 Å². The van der Waals surface area contributed by atoms with Crippen molar-refractivity contribution in [2.75, 3.05) is 13.6 Å². The third-order valence-corrected chi connectivity index (χ3v) is 4.20. The molecule has 1 atom stereocenters. The Bertz CT molecular complexity index is 673. The monoisotopic (exact) mass is 367 g/mol. The Morgan fingerprint density at radius 1 is 1.18 bits per heavy atom. The molecule has 1 aromatic carbocycles. The predicted octanol–water partition coefficient (Wildman–Crippen LogP) is 0.613. The molecule has 1 saturated heterocycles. The second kappa shape index (κ2) is 5.53. The van der Waals surface area contributed by atoms with Gasteiger partial charge in [0.25, 0.3) is 11.8 Å². The summed E-state index contributed by atoms with van der Waals surface area (Å²) in [7, 11) is 1.22. The molecule has 22 heavy (non-hydrogen) atoms. The Morgan fingerprint density at radius 3 is 2.18 bits per heavy atom. The van der Waals surface area contributed by atoms with Crippen molar-refractivity contribution in [3.8, 4) is 0 Å². The van der Waals surface area contributed by atoms with Crippen LogP contribution in [0.25, 0.3) is 0 Å². The van der Waals surface area contributed by atoms with Crippen molar-refractivity contribution < 1.29 is 19.2 Å². The highest BCUT2D eigenvalue weighted by atomic mass is 79.9. The van der Waals surface area contributed by atoms with Gasteiger partial charge in [-0.3, -0.25) is 24.2 Å². The fraction of sp³-hybridized carbons (Fsp3) is 0.286. The van der Waals surface area contributed by atoms with Gasteiger partial charge < -0.3 is 5.73 Å². The average molecular weight is 368 g/mol. The van der Waals surface area contributed by atoms with Crippen molar-refractivity contribution in [2.45, 2.75) is 12.3 Å². The predicted molar refractivity (Wildman–Crippen MR) is 80.6 cm³/mol. The molecule has 5 amide bonds. The molecule has 0 aliphatic carbocycles. The number of imide groups is 2. The van der Waals surface area contributed by atoms with E-state index >= 15 is 0 Å². The molecule has 2 rings (SSSR count). The number of amides is 5. The Labute approximate surface area is 135 Å². The van der Waals surface area contributed by atoms with Crippen LogP contribution >= 0.6 is 15.9 Å². The van der Waals surface area contributed by atoms with Crippen LogP contribution in [0.1, 0.15) is 12.5 Å². The first kappa shape index (κ1) is 16.2. The molecular formula is C14H14BrN3O4. The Kier molecular flexibility index (Phi) is 4.06. The van der Waals surface area contributed by atoms with Crippen molar-refractivity contribution in [3.63, 3.8) is 0 Å². The molecule has 1 heterocycles. The van der Waals surface area contributed by atoms with Crippen LogP contribution in [-0.4, -0.2) is 47.1 Å². The van der Waals surface area contributed by atoms with Gasteiger partial charge in [0, 0.05) is 18.1 Å². The van der Waals surface area contributed by atoms with Gasteiger partial charge in [-0.1, -0.05) is 28.1 Å². The van der Waals surface area contributed by atoms with Gasteiger partial charge in [0.2, 0.25) is 11.3 Å². The Hall–Kier alpha value is -2.22. The molecule has 8 heteroatoms. The number of hydrogen-bond donors (Lipinski definition) is 1. The minimum atomic E-state index is -2.22. The molecule has 1 aliphatic rings. The summed E-state index contributed by atoms with van der Waals surface area (Å²) in [5.74, 6) is -2.97. The van der Waals surface area contributed by atoms with Crippen molar-refractivity contribution in [1.82, 2.24) is 9.80 Å². The molecule has 0 bridgehead atoms. The van der Waals surface area contributed by atoms with Gasteiger partial charge in [-0.05, 0) is 24.6 Å². The molecule has 1 unspecified atom stereocenters. The first-order valence-corrected chi connectivity index (χ1v) is 7.27. The molecule has 1 aromatic rings. The lowest BCUT2D eigenvalue weighted by atomic mass is 9.75. The van der Waals surface area contributed by atoms with Crippen molar-refractivity contribution >= 4 is 39.7 Å². The van der Waals surface area contributed by atoms with Crippen LogP contribution in [0.15, 0.2) is 28.7 Å². The number of nitrogens with zero attached hydrogens (tertiary/aromatic N) is 2. The summed E-state index contributed by atoms with van der Waals surface area (Å²) in [5, 5.41) is 0. The average Bonchev–Trinajstić information content (AvgIpc) is 2.48. The van der Waals surface area contributed by atoms with E-state index in [0.717, 1.165) is 9.80 Å². The van der Waals surface area contributed by atoms with E-state index in [1.807, 2.05) is 0 Å². The number of benzene rings is 1. The van der Waals surface area contributed by atoms with E-state index in [9.17, 15) is 19.2 Å². The first-order chi connectivity index (χ1) is 10.3. The molecule has 116 valence electrons. The molecule has 0 aromatic heterocycles. The molecule has 2 N–H and O–H groups in total. The van der Waals surface area contributed by atoms with Crippen LogP contribution in [0.4, 0.5) is 4.79 Å². The van der Waals surface area contributed by atoms with Crippen LogP contribution in [0.3, 0.4) is 0 Å². The standard InChI is InChI=1S/C14H14BrN3O4/c1-3-18-12(21)14(10(16)19,11(20)17(2)13(18)22)8-4-6-9(15)7-5-8/h4-7H,3H2,1-2H3,(H2,16,19). The maximum atomic E-state index is 12.7. The van der Waals surface area contributed by atoms with Crippen molar-refractivity contribution in [1.29, 1.82) is 0 Å². The SMILES string of the molecule is CCN1C(=O)N(C)C(=O)C(C(N)=O)(c2ccc(Br)cc2)C1=O. The molecule has 7 nitrogen and oxygen atoms in total.